The van der Waals surface area contributed by atoms with E-state index in [0.717, 1.165) is 27.4 Å². The summed E-state index contributed by atoms with van der Waals surface area (Å²) >= 11 is 0. The van der Waals surface area contributed by atoms with Crippen molar-refractivity contribution in [3.05, 3.63) is 84.4 Å². The maximum Gasteiger partial charge on any atom is 0.531 e. The highest BCUT2D eigenvalue weighted by molar-refractivity contribution is 6.94. The molecule has 0 aromatic heterocycles. The maximum absolute atomic E-state index is 6.51. The van der Waals surface area contributed by atoms with E-state index in [2.05, 4.69) is 37.3 Å². The smallest absolute Gasteiger partial charge is 0.502 e. The van der Waals surface area contributed by atoms with Crippen LogP contribution in [0.1, 0.15) is 5.56 Å². The Balaban J connectivity index is 1.92. The lowest BCUT2D eigenvalue weighted by Crippen LogP contribution is -2.66. The molecule has 1 heterocycles. The molecule has 0 saturated carbocycles. The number of benzene rings is 3. The van der Waals surface area contributed by atoms with Crippen molar-refractivity contribution in [2.75, 3.05) is 0 Å². The van der Waals surface area contributed by atoms with Crippen molar-refractivity contribution >= 4 is 18.9 Å². The first-order chi connectivity index (χ1) is 10.8. The molecular weight excluding hydrogens is 288 g/mol. The molecule has 22 heavy (non-hydrogen) atoms. The van der Waals surface area contributed by atoms with Gasteiger partial charge in [0.05, 0.1) is 0 Å². The van der Waals surface area contributed by atoms with E-state index < -0.39 is 8.56 Å². The highest BCUT2D eigenvalue weighted by Crippen LogP contribution is 2.39. The van der Waals surface area contributed by atoms with Crippen molar-refractivity contribution < 1.29 is 8.85 Å². The Morgan fingerprint density at radius 1 is 0.636 bits per heavy atom. The van der Waals surface area contributed by atoms with Gasteiger partial charge in [-0.25, -0.2) is 0 Å². The number of fused-ring (bicyclic) bond motifs is 1. The lowest BCUT2D eigenvalue weighted by molar-refractivity contribution is 0.493. The standard InChI is InChI=1S/C19H16O2Si/c1-15-9-8-14-18-19(15)21-22(20-18,16-10-4-2-5-11-16)17-12-6-3-7-13-17/h2-14H,1H3. The van der Waals surface area contributed by atoms with Crippen LogP contribution in [0.2, 0.25) is 0 Å². The molecule has 108 valence electrons. The van der Waals surface area contributed by atoms with Crippen LogP contribution < -0.4 is 19.2 Å². The molecular formula is C19H16O2Si. The van der Waals surface area contributed by atoms with Crippen LogP contribution in [0, 0.1) is 6.92 Å². The Morgan fingerprint density at radius 2 is 1.23 bits per heavy atom. The summed E-state index contributed by atoms with van der Waals surface area (Å²) in [5.41, 5.74) is 1.11. The molecule has 4 rings (SSSR count). The molecule has 0 unspecified atom stereocenters. The number of aryl methyl sites for hydroxylation is 1. The summed E-state index contributed by atoms with van der Waals surface area (Å²) in [5, 5.41) is 2.24. The summed E-state index contributed by atoms with van der Waals surface area (Å²) in [6, 6.07) is 26.6. The average molecular weight is 304 g/mol. The third kappa shape index (κ3) is 1.94. The van der Waals surface area contributed by atoms with Gasteiger partial charge in [-0.1, -0.05) is 72.8 Å². The molecule has 3 aromatic carbocycles. The lowest BCUT2D eigenvalue weighted by Gasteiger charge is -2.24. The Morgan fingerprint density at radius 3 is 1.77 bits per heavy atom. The van der Waals surface area contributed by atoms with E-state index in [0.29, 0.717) is 0 Å². The van der Waals surface area contributed by atoms with E-state index in [1.54, 1.807) is 0 Å². The maximum atomic E-state index is 6.51. The van der Waals surface area contributed by atoms with Crippen molar-refractivity contribution in [3.8, 4) is 11.5 Å². The molecule has 0 N–H and O–H groups in total. The molecule has 0 saturated heterocycles. The van der Waals surface area contributed by atoms with Crippen LogP contribution in [-0.4, -0.2) is 8.56 Å². The van der Waals surface area contributed by atoms with Gasteiger partial charge in [-0.3, -0.25) is 0 Å². The molecule has 0 fully saturated rings. The van der Waals surface area contributed by atoms with E-state index in [1.807, 2.05) is 48.5 Å². The summed E-state index contributed by atoms with van der Waals surface area (Å²) in [6.45, 7) is 2.06. The fourth-order valence-corrected chi connectivity index (χ4v) is 6.00. The quantitative estimate of drug-likeness (QED) is 0.678. The molecule has 0 radical (unpaired) electrons. The zero-order chi connectivity index (χ0) is 15.0. The first-order valence-corrected chi connectivity index (χ1v) is 9.20. The van der Waals surface area contributed by atoms with Crippen LogP contribution in [-0.2, 0) is 0 Å². The van der Waals surface area contributed by atoms with Gasteiger partial charge in [-0.15, -0.1) is 0 Å². The molecule has 1 aliphatic rings. The van der Waals surface area contributed by atoms with Gasteiger partial charge >= 0.3 is 8.56 Å². The first kappa shape index (κ1) is 13.2. The molecule has 0 amide bonds. The summed E-state index contributed by atoms with van der Waals surface area (Å²) in [4.78, 5) is 0. The molecule has 0 atom stereocenters. The zero-order valence-corrected chi connectivity index (χ0v) is 13.3. The Bertz CT molecular complexity index is 761. The summed E-state index contributed by atoms with van der Waals surface area (Å²) in [5.74, 6) is 1.72. The van der Waals surface area contributed by atoms with Crippen LogP contribution in [0.25, 0.3) is 0 Å². The monoisotopic (exact) mass is 304 g/mol. The third-order valence-electron chi connectivity index (χ3n) is 3.98. The van der Waals surface area contributed by atoms with Gasteiger partial charge in [0.2, 0.25) is 0 Å². The molecule has 1 aliphatic heterocycles. The number of rotatable bonds is 2. The Labute approximate surface area is 131 Å². The highest BCUT2D eigenvalue weighted by atomic mass is 28.4. The van der Waals surface area contributed by atoms with Crippen molar-refractivity contribution in [3.63, 3.8) is 0 Å². The van der Waals surface area contributed by atoms with Gasteiger partial charge in [0.1, 0.15) is 5.75 Å². The zero-order valence-electron chi connectivity index (χ0n) is 12.3. The van der Waals surface area contributed by atoms with E-state index in [-0.39, 0.29) is 0 Å². The molecule has 2 nitrogen and oxygen atoms in total. The van der Waals surface area contributed by atoms with Crippen LogP contribution in [0.4, 0.5) is 0 Å². The normalized spacial score (nSPS) is 14.8. The van der Waals surface area contributed by atoms with Crippen LogP contribution in [0.15, 0.2) is 78.9 Å². The van der Waals surface area contributed by atoms with E-state index in [9.17, 15) is 0 Å². The molecule has 0 spiro atoms. The molecule has 3 aromatic rings. The second-order valence-corrected chi connectivity index (χ2v) is 8.25. The fraction of sp³-hybridized carbons (Fsp3) is 0.0526. The van der Waals surface area contributed by atoms with E-state index >= 15 is 0 Å². The average Bonchev–Trinajstić information content (AvgIpc) is 2.99. The number of hydrogen-bond acceptors (Lipinski definition) is 2. The van der Waals surface area contributed by atoms with Crippen LogP contribution in [0.3, 0.4) is 0 Å². The lowest BCUT2D eigenvalue weighted by atomic mass is 10.2. The largest absolute Gasteiger partial charge is 0.531 e. The van der Waals surface area contributed by atoms with E-state index in [4.69, 9.17) is 8.85 Å². The van der Waals surface area contributed by atoms with E-state index in [1.165, 1.54) is 0 Å². The Hall–Kier alpha value is -2.52. The SMILES string of the molecule is Cc1cccc2c1O[Si](c1ccccc1)(c1ccccc1)O2. The van der Waals surface area contributed by atoms with Gasteiger partial charge in [0.15, 0.2) is 5.75 Å². The summed E-state index contributed by atoms with van der Waals surface area (Å²) in [6.07, 6.45) is 0. The third-order valence-corrected chi connectivity index (χ3v) is 7.17. The van der Waals surface area contributed by atoms with Gasteiger partial charge in [0, 0.05) is 10.4 Å². The van der Waals surface area contributed by atoms with Crippen molar-refractivity contribution in [2.24, 2.45) is 0 Å². The predicted molar refractivity (Wildman–Crippen MR) is 90.3 cm³/mol. The second kappa shape index (κ2) is 5.04. The minimum absolute atomic E-state index is 0.847. The van der Waals surface area contributed by atoms with Gasteiger partial charge in [-0.05, 0) is 18.6 Å². The summed E-state index contributed by atoms with van der Waals surface area (Å²) in [7, 11) is -2.72. The van der Waals surface area contributed by atoms with Crippen molar-refractivity contribution in [2.45, 2.75) is 6.92 Å². The highest BCUT2D eigenvalue weighted by Gasteiger charge is 2.52. The van der Waals surface area contributed by atoms with Gasteiger partial charge in [-0.2, -0.15) is 0 Å². The predicted octanol–water partition coefficient (Wildman–Crippen LogP) is 3.02. The molecule has 0 bridgehead atoms. The van der Waals surface area contributed by atoms with Crippen LogP contribution in [0.5, 0.6) is 11.5 Å². The van der Waals surface area contributed by atoms with Gasteiger partial charge < -0.3 is 8.85 Å². The summed E-state index contributed by atoms with van der Waals surface area (Å²) < 4.78 is 13.0. The second-order valence-electron chi connectivity index (χ2n) is 5.45. The Kier molecular flexibility index (Phi) is 3.01. The first-order valence-electron chi connectivity index (χ1n) is 7.38. The van der Waals surface area contributed by atoms with Crippen molar-refractivity contribution in [1.29, 1.82) is 0 Å². The minimum atomic E-state index is -2.72. The topological polar surface area (TPSA) is 18.5 Å². The fourth-order valence-electron chi connectivity index (χ4n) is 2.87. The van der Waals surface area contributed by atoms with Gasteiger partial charge in [0.25, 0.3) is 0 Å². The minimum Gasteiger partial charge on any atom is -0.502 e. The number of hydrogen-bond donors (Lipinski definition) is 0. The van der Waals surface area contributed by atoms with Crippen LogP contribution >= 0.6 is 0 Å². The molecule has 3 heteroatoms. The number of para-hydroxylation sites is 1. The van der Waals surface area contributed by atoms with Crippen molar-refractivity contribution in [1.82, 2.24) is 0 Å². The molecule has 0 aliphatic carbocycles.